The Morgan fingerprint density at radius 1 is 1.29 bits per heavy atom. The molecular weight excluding hydrogens is 312 g/mol. The average molecular weight is 338 g/mol. The van der Waals surface area contributed by atoms with E-state index in [1.54, 1.807) is 27.2 Å². The van der Waals surface area contributed by atoms with Crippen molar-refractivity contribution in [3.63, 3.8) is 0 Å². The third kappa shape index (κ3) is 3.80. The molecule has 0 bridgehead atoms. The lowest BCUT2D eigenvalue weighted by atomic mass is 9.79. The van der Waals surface area contributed by atoms with Gasteiger partial charge in [-0.15, -0.1) is 0 Å². The number of hydrogen-bond acceptors (Lipinski definition) is 7. The molecule has 4 unspecified atom stereocenters. The third-order valence-corrected chi connectivity index (χ3v) is 4.39. The Labute approximate surface area is 142 Å². The predicted octanol–water partition coefficient (Wildman–Crippen LogP) is 1.17. The molecule has 3 N–H and O–H groups in total. The number of nitrogens with one attached hydrogen (secondary N) is 2. The van der Waals surface area contributed by atoms with E-state index in [1.807, 2.05) is 19.1 Å². The van der Waals surface area contributed by atoms with Crippen molar-refractivity contribution in [2.45, 2.75) is 38.5 Å². The molecule has 2 rings (SSSR count). The number of esters is 1. The van der Waals surface area contributed by atoms with Gasteiger partial charge in [0, 0.05) is 23.4 Å². The topological polar surface area (TPSA) is 89.1 Å². The number of carbonyl (C=O) groups excluding carboxylic acids is 1. The Balaban J connectivity index is 2.44. The van der Waals surface area contributed by atoms with Crippen LogP contribution in [-0.2, 0) is 9.53 Å². The van der Waals surface area contributed by atoms with Crippen LogP contribution in [0.3, 0.4) is 0 Å². The van der Waals surface area contributed by atoms with E-state index in [4.69, 9.17) is 14.2 Å². The first-order valence-electron chi connectivity index (χ1n) is 8.09. The van der Waals surface area contributed by atoms with Gasteiger partial charge in [0.1, 0.15) is 6.23 Å². The Morgan fingerprint density at radius 2 is 2.04 bits per heavy atom. The highest BCUT2D eigenvalue weighted by atomic mass is 16.5. The SMILES string of the molecule is CCOC(=O)CC(c1cccc(OC)c1OC)C1C(C)NNC1O. The smallest absolute Gasteiger partial charge is 0.306 e. The summed E-state index contributed by atoms with van der Waals surface area (Å²) < 4.78 is 16.0. The molecule has 0 radical (unpaired) electrons. The predicted molar refractivity (Wildman–Crippen MR) is 88.8 cm³/mol. The monoisotopic (exact) mass is 338 g/mol. The van der Waals surface area contributed by atoms with E-state index >= 15 is 0 Å². The Bertz CT molecular complexity index is 556. The van der Waals surface area contributed by atoms with Gasteiger partial charge in [-0.2, -0.15) is 0 Å². The number of aliphatic hydroxyl groups is 1. The van der Waals surface area contributed by atoms with Crippen molar-refractivity contribution in [1.29, 1.82) is 0 Å². The molecule has 7 heteroatoms. The molecule has 0 spiro atoms. The van der Waals surface area contributed by atoms with Crippen molar-refractivity contribution in [3.8, 4) is 11.5 Å². The fourth-order valence-corrected chi connectivity index (χ4v) is 3.31. The first-order chi connectivity index (χ1) is 11.5. The van der Waals surface area contributed by atoms with E-state index in [1.165, 1.54) is 0 Å². The quantitative estimate of drug-likeness (QED) is 0.643. The van der Waals surface area contributed by atoms with Crippen LogP contribution in [0, 0.1) is 5.92 Å². The molecule has 0 amide bonds. The van der Waals surface area contributed by atoms with E-state index < -0.39 is 6.23 Å². The number of aliphatic hydroxyl groups excluding tert-OH is 1. The molecule has 4 atom stereocenters. The Morgan fingerprint density at radius 3 is 2.58 bits per heavy atom. The van der Waals surface area contributed by atoms with Crippen LogP contribution >= 0.6 is 0 Å². The molecule has 1 aromatic rings. The Kier molecular flexibility index (Phi) is 6.42. The molecule has 0 aromatic heterocycles. The van der Waals surface area contributed by atoms with Crippen LogP contribution in [0.1, 0.15) is 31.7 Å². The van der Waals surface area contributed by atoms with E-state index in [0.29, 0.717) is 18.1 Å². The molecule has 134 valence electrons. The summed E-state index contributed by atoms with van der Waals surface area (Å²) in [4.78, 5) is 12.1. The minimum Gasteiger partial charge on any atom is -0.493 e. The third-order valence-electron chi connectivity index (χ3n) is 4.39. The highest BCUT2D eigenvalue weighted by molar-refractivity contribution is 5.71. The average Bonchev–Trinajstić information content (AvgIpc) is 2.91. The van der Waals surface area contributed by atoms with E-state index in [-0.39, 0.29) is 30.3 Å². The largest absolute Gasteiger partial charge is 0.493 e. The fourth-order valence-electron chi connectivity index (χ4n) is 3.31. The highest BCUT2D eigenvalue weighted by Crippen LogP contribution is 2.42. The summed E-state index contributed by atoms with van der Waals surface area (Å²) in [6, 6.07) is 5.51. The molecule has 1 saturated heterocycles. The normalized spacial score (nSPS) is 24.5. The number of hydrogen-bond donors (Lipinski definition) is 3. The number of para-hydroxylation sites is 1. The first kappa shape index (κ1) is 18.5. The van der Waals surface area contributed by atoms with Crippen LogP contribution in [0.2, 0.25) is 0 Å². The molecule has 0 aliphatic carbocycles. The second-order valence-corrected chi connectivity index (χ2v) is 5.80. The number of ether oxygens (including phenoxy) is 3. The minimum absolute atomic E-state index is 0.0321. The van der Waals surface area contributed by atoms with Gasteiger partial charge in [0.15, 0.2) is 11.5 Å². The molecule has 1 fully saturated rings. The van der Waals surface area contributed by atoms with Gasteiger partial charge in [-0.25, -0.2) is 5.43 Å². The molecule has 7 nitrogen and oxygen atoms in total. The van der Waals surface area contributed by atoms with Gasteiger partial charge in [0.25, 0.3) is 0 Å². The lowest BCUT2D eigenvalue weighted by Crippen LogP contribution is -2.33. The maximum Gasteiger partial charge on any atom is 0.306 e. The van der Waals surface area contributed by atoms with Gasteiger partial charge in [-0.05, 0) is 19.9 Å². The number of benzene rings is 1. The Hall–Kier alpha value is -1.83. The maximum absolute atomic E-state index is 12.1. The standard InChI is InChI=1S/C17H26N2O5/c1-5-24-14(20)9-12(15-10(2)18-19-17(15)21)11-7-6-8-13(22-3)16(11)23-4/h6-8,10,12,15,17-19,21H,5,9H2,1-4H3. The van der Waals surface area contributed by atoms with Crippen molar-refractivity contribution < 1.29 is 24.1 Å². The molecule has 0 saturated carbocycles. The van der Waals surface area contributed by atoms with Gasteiger partial charge in [0.05, 0.1) is 27.2 Å². The van der Waals surface area contributed by atoms with Crippen LogP contribution < -0.4 is 20.3 Å². The second kappa shape index (κ2) is 8.32. The fraction of sp³-hybridized carbons (Fsp3) is 0.588. The van der Waals surface area contributed by atoms with Gasteiger partial charge in [-0.1, -0.05) is 12.1 Å². The summed E-state index contributed by atoms with van der Waals surface area (Å²) in [5.74, 6) is 0.334. The van der Waals surface area contributed by atoms with Crippen molar-refractivity contribution in [2.75, 3.05) is 20.8 Å². The molecule has 1 heterocycles. The lowest BCUT2D eigenvalue weighted by Gasteiger charge is -2.29. The summed E-state index contributed by atoms with van der Waals surface area (Å²) in [7, 11) is 3.13. The molecule has 1 aliphatic rings. The van der Waals surface area contributed by atoms with E-state index in [2.05, 4.69) is 10.9 Å². The summed E-state index contributed by atoms with van der Waals surface area (Å²) in [5, 5.41) is 10.3. The van der Waals surface area contributed by atoms with Crippen molar-refractivity contribution >= 4 is 5.97 Å². The number of carbonyl (C=O) groups is 1. The minimum atomic E-state index is -0.782. The van der Waals surface area contributed by atoms with Crippen molar-refractivity contribution in [1.82, 2.24) is 10.9 Å². The van der Waals surface area contributed by atoms with E-state index in [9.17, 15) is 9.90 Å². The van der Waals surface area contributed by atoms with Crippen molar-refractivity contribution in [3.05, 3.63) is 23.8 Å². The zero-order valence-corrected chi connectivity index (χ0v) is 14.5. The van der Waals surface area contributed by atoms with Crippen LogP contribution in [0.25, 0.3) is 0 Å². The van der Waals surface area contributed by atoms with E-state index in [0.717, 1.165) is 5.56 Å². The molecule has 1 aliphatic heterocycles. The molecule has 1 aromatic carbocycles. The zero-order chi connectivity index (χ0) is 17.7. The first-order valence-corrected chi connectivity index (χ1v) is 8.09. The summed E-state index contributed by atoms with van der Waals surface area (Å²) >= 11 is 0. The van der Waals surface area contributed by atoms with Crippen LogP contribution in [0.15, 0.2) is 18.2 Å². The summed E-state index contributed by atoms with van der Waals surface area (Å²) in [6.45, 7) is 4.05. The molecular formula is C17H26N2O5. The summed E-state index contributed by atoms with van der Waals surface area (Å²) in [6.07, 6.45) is -0.636. The van der Waals surface area contributed by atoms with Gasteiger partial charge < -0.3 is 19.3 Å². The van der Waals surface area contributed by atoms with Crippen LogP contribution in [0.5, 0.6) is 11.5 Å². The maximum atomic E-state index is 12.1. The highest BCUT2D eigenvalue weighted by Gasteiger charge is 2.41. The van der Waals surface area contributed by atoms with Gasteiger partial charge >= 0.3 is 5.97 Å². The van der Waals surface area contributed by atoms with Crippen LogP contribution in [-0.4, -0.2) is 44.2 Å². The van der Waals surface area contributed by atoms with Crippen molar-refractivity contribution in [2.24, 2.45) is 5.92 Å². The number of methoxy groups -OCH3 is 2. The number of hydrazine groups is 1. The van der Waals surface area contributed by atoms with Gasteiger partial charge in [0.2, 0.25) is 0 Å². The zero-order valence-electron chi connectivity index (χ0n) is 14.5. The van der Waals surface area contributed by atoms with Crippen LogP contribution in [0.4, 0.5) is 0 Å². The number of rotatable bonds is 7. The van der Waals surface area contributed by atoms with Gasteiger partial charge in [-0.3, -0.25) is 10.2 Å². The second-order valence-electron chi connectivity index (χ2n) is 5.80. The summed E-state index contributed by atoms with van der Waals surface area (Å²) in [5.41, 5.74) is 6.65. The lowest BCUT2D eigenvalue weighted by molar-refractivity contribution is -0.144. The molecule has 24 heavy (non-hydrogen) atoms.